The maximum atomic E-state index is 12.2. The summed E-state index contributed by atoms with van der Waals surface area (Å²) in [5, 5.41) is 10.8. The first-order valence-corrected chi connectivity index (χ1v) is 7.33. The minimum atomic E-state index is -1.41. The molecule has 106 valence electrons. The van der Waals surface area contributed by atoms with Crippen molar-refractivity contribution in [3.8, 4) is 0 Å². The first kappa shape index (κ1) is 12.4. The minimum Gasteiger partial charge on any atom is -0.430 e. The van der Waals surface area contributed by atoms with Crippen molar-refractivity contribution < 1.29 is 19.4 Å². The van der Waals surface area contributed by atoms with Crippen LogP contribution in [0, 0.1) is 0 Å². The van der Waals surface area contributed by atoms with Gasteiger partial charge in [-0.1, -0.05) is 37.6 Å². The van der Waals surface area contributed by atoms with Gasteiger partial charge in [-0.15, -0.1) is 0 Å². The molecule has 3 heterocycles. The Labute approximate surface area is 117 Å². The molecule has 0 saturated carbocycles. The van der Waals surface area contributed by atoms with Crippen molar-refractivity contribution in [2.45, 2.75) is 56.0 Å². The molecule has 2 fully saturated rings. The van der Waals surface area contributed by atoms with Gasteiger partial charge in [0.05, 0.1) is 12.0 Å². The van der Waals surface area contributed by atoms with E-state index in [1.807, 2.05) is 24.3 Å². The Hall–Kier alpha value is -1.39. The minimum absolute atomic E-state index is 0.246. The number of aliphatic hydroxyl groups is 1. The fourth-order valence-corrected chi connectivity index (χ4v) is 4.06. The van der Waals surface area contributed by atoms with Gasteiger partial charge in [0, 0.05) is 12.8 Å². The highest BCUT2D eigenvalue weighted by Gasteiger charge is 2.72. The number of hydrogen-bond donors (Lipinski definition) is 1. The van der Waals surface area contributed by atoms with Gasteiger partial charge >= 0.3 is 5.97 Å². The molecular formula is C16H18O4. The molecule has 0 aromatic heterocycles. The molecule has 0 amide bonds. The average molecular weight is 274 g/mol. The molecule has 0 radical (unpaired) electrons. The van der Waals surface area contributed by atoms with E-state index < -0.39 is 23.3 Å². The predicted molar refractivity (Wildman–Crippen MR) is 70.9 cm³/mol. The Bertz CT molecular complexity index is 584. The van der Waals surface area contributed by atoms with Crippen molar-refractivity contribution in [2.75, 3.05) is 0 Å². The SMILES string of the molecule is CCCC[C@@]12OC(=O)[C@@]3(O)C[C@@H](O1)c1ccccc1[C@@H]23. The van der Waals surface area contributed by atoms with Gasteiger partial charge < -0.3 is 14.6 Å². The number of rotatable bonds is 3. The van der Waals surface area contributed by atoms with Crippen molar-refractivity contribution in [1.29, 1.82) is 0 Å². The molecule has 0 unspecified atom stereocenters. The zero-order valence-corrected chi connectivity index (χ0v) is 11.5. The Morgan fingerprint density at radius 2 is 2.10 bits per heavy atom. The largest absolute Gasteiger partial charge is 0.430 e. The van der Waals surface area contributed by atoms with Gasteiger partial charge in [0.25, 0.3) is 0 Å². The lowest BCUT2D eigenvalue weighted by Gasteiger charge is -2.50. The van der Waals surface area contributed by atoms with Crippen LogP contribution in [-0.4, -0.2) is 22.5 Å². The summed E-state index contributed by atoms with van der Waals surface area (Å²) in [7, 11) is 0. The first-order chi connectivity index (χ1) is 9.61. The lowest BCUT2D eigenvalue weighted by molar-refractivity contribution is -0.271. The van der Waals surface area contributed by atoms with Crippen LogP contribution < -0.4 is 0 Å². The zero-order valence-electron chi connectivity index (χ0n) is 11.5. The smallest absolute Gasteiger partial charge is 0.341 e. The summed E-state index contributed by atoms with van der Waals surface area (Å²) in [6.07, 6.45) is 2.62. The van der Waals surface area contributed by atoms with Gasteiger partial charge in [0.15, 0.2) is 5.60 Å². The molecule has 1 aromatic carbocycles. The molecule has 4 bridgehead atoms. The number of carbonyl (C=O) groups is 1. The van der Waals surface area contributed by atoms with E-state index in [4.69, 9.17) is 9.47 Å². The van der Waals surface area contributed by atoms with Crippen LogP contribution in [0.5, 0.6) is 0 Å². The van der Waals surface area contributed by atoms with Gasteiger partial charge in [-0.25, -0.2) is 4.79 Å². The van der Waals surface area contributed by atoms with Crippen molar-refractivity contribution >= 4 is 5.97 Å². The number of unbranched alkanes of at least 4 members (excludes halogenated alkanes) is 1. The maximum Gasteiger partial charge on any atom is 0.341 e. The Morgan fingerprint density at radius 3 is 2.85 bits per heavy atom. The lowest BCUT2D eigenvalue weighted by Crippen LogP contribution is -2.55. The normalized spacial score (nSPS) is 40.6. The fourth-order valence-electron chi connectivity index (χ4n) is 4.06. The van der Waals surface area contributed by atoms with Crippen LogP contribution in [0.4, 0.5) is 0 Å². The average Bonchev–Trinajstić information content (AvgIpc) is 2.60. The van der Waals surface area contributed by atoms with Crippen molar-refractivity contribution in [1.82, 2.24) is 0 Å². The molecule has 1 aromatic rings. The predicted octanol–water partition coefficient (Wildman–Crippen LogP) is 2.42. The highest BCUT2D eigenvalue weighted by molar-refractivity contribution is 5.85. The number of carbonyl (C=O) groups excluding carboxylic acids is 1. The molecule has 1 N–H and O–H groups in total. The van der Waals surface area contributed by atoms with Crippen molar-refractivity contribution in [3.63, 3.8) is 0 Å². The summed E-state index contributed by atoms with van der Waals surface area (Å²) in [5.41, 5.74) is 0.692. The Kier molecular flexibility index (Phi) is 2.37. The van der Waals surface area contributed by atoms with Crippen LogP contribution >= 0.6 is 0 Å². The highest BCUT2D eigenvalue weighted by Crippen LogP contribution is 2.63. The molecule has 20 heavy (non-hydrogen) atoms. The number of benzene rings is 1. The monoisotopic (exact) mass is 274 g/mol. The van der Waals surface area contributed by atoms with Gasteiger partial charge in [-0.3, -0.25) is 0 Å². The molecule has 4 aliphatic rings. The van der Waals surface area contributed by atoms with E-state index >= 15 is 0 Å². The molecule has 4 heteroatoms. The second-order valence-electron chi connectivity index (χ2n) is 6.10. The quantitative estimate of drug-likeness (QED) is 0.860. The number of esters is 1. The topological polar surface area (TPSA) is 55.8 Å². The molecule has 4 atom stereocenters. The van der Waals surface area contributed by atoms with Crippen LogP contribution in [0.25, 0.3) is 0 Å². The third kappa shape index (κ3) is 1.31. The van der Waals surface area contributed by atoms with Crippen molar-refractivity contribution in [2.24, 2.45) is 0 Å². The van der Waals surface area contributed by atoms with Gasteiger partial charge in [0.1, 0.15) is 0 Å². The maximum absolute atomic E-state index is 12.2. The van der Waals surface area contributed by atoms with E-state index in [2.05, 4.69) is 6.92 Å². The van der Waals surface area contributed by atoms with Gasteiger partial charge in [-0.2, -0.15) is 0 Å². The van der Waals surface area contributed by atoms with E-state index in [9.17, 15) is 9.90 Å². The second-order valence-corrected chi connectivity index (χ2v) is 6.10. The van der Waals surface area contributed by atoms with Gasteiger partial charge in [-0.05, 0) is 17.5 Å². The van der Waals surface area contributed by atoms with Gasteiger partial charge in [0.2, 0.25) is 5.79 Å². The first-order valence-electron chi connectivity index (χ1n) is 7.33. The van der Waals surface area contributed by atoms with Crippen LogP contribution in [0.1, 0.15) is 55.8 Å². The van der Waals surface area contributed by atoms with Crippen LogP contribution in [0.3, 0.4) is 0 Å². The second kappa shape index (κ2) is 3.83. The summed E-state index contributed by atoms with van der Waals surface area (Å²) in [6, 6.07) is 7.92. The third-order valence-corrected chi connectivity index (χ3v) is 4.91. The zero-order chi connectivity index (χ0) is 14.0. The molecule has 4 nitrogen and oxygen atoms in total. The highest BCUT2D eigenvalue weighted by atomic mass is 16.7. The summed E-state index contributed by atoms with van der Waals surface area (Å²) < 4.78 is 11.7. The molecule has 1 aliphatic carbocycles. The Balaban J connectivity index is 1.88. The van der Waals surface area contributed by atoms with E-state index in [-0.39, 0.29) is 6.10 Å². The molecule has 3 aliphatic heterocycles. The summed E-state index contributed by atoms with van der Waals surface area (Å²) >= 11 is 0. The molecule has 0 spiro atoms. The van der Waals surface area contributed by atoms with Crippen LogP contribution in [-0.2, 0) is 14.3 Å². The summed E-state index contributed by atoms with van der Waals surface area (Å²) in [6.45, 7) is 2.09. The van der Waals surface area contributed by atoms with E-state index in [0.717, 1.165) is 24.0 Å². The van der Waals surface area contributed by atoms with Crippen LogP contribution in [0.15, 0.2) is 24.3 Å². The molecule has 2 saturated heterocycles. The number of hydrogen-bond acceptors (Lipinski definition) is 4. The van der Waals surface area contributed by atoms with Crippen LogP contribution in [0.2, 0.25) is 0 Å². The molecular weight excluding hydrogens is 256 g/mol. The fraction of sp³-hybridized carbons (Fsp3) is 0.562. The lowest BCUT2D eigenvalue weighted by atomic mass is 9.65. The standard InChI is InChI=1S/C16H18O4/c1-2-3-8-16-13-11-7-5-4-6-10(11)12(19-16)9-15(13,18)14(17)20-16/h4-7,12-13,18H,2-3,8-9H2,1H3/t12-,13-,15-,16+/m1/s1. The number of ether oxygens (including phenoxy) is 2. The third-order valence-electron chi connectivity index (χ3n) is 4.91. The summed E-state index contributed by atoms with van der Waals surface area (Å²) in [5.74, 6) is -1.87. The van der Waals surface area contributed by atoms with E-state index in [1.54, 1.807) is 0 Å². The van der Waals surface area contributed by atoms with E-state index in [1.165, 1.54) is 0 Å². The van der Waals surface area contributed by atoms with Crippen molar-refractivity contribution in [3.05, 3.63) is 35.4 Å². The summed E-state index contributed by atoms with van der Waals surface area (Å²) in [4.78, 5) is 12.2. The molecule has 5 rings (SSSR count). The Morgan fingerprint density at radius 1 is 1.35 bits per heavy atom. The van der Waals surface area contributed by atoms with E-state index in [0.29, 0.717) is 12.8 Å².